The van der Waals surface area contributed by atoms with Gasteiger partial charge >= 0.3 is 0 Å². The average Bonchev–Trinajstić information content (AvgIpc) is 2.68. The van der Waals surface area contributed by atoms with Gasteiger partial charge in [-0.1, -0.05) is 22.0 Å². The van der Waals surface area contributed by atoms with E-state index in [1.807, 2.05) is 6.07 Å². The standard InChI is InChI=1S/C9H9BrFN/c10-6-2-1-3-7(11)8(6)9(12)4-5-9/h1-3H,4-5,12H2. The molecule has 1 aliphatic carbocycles. The minimum Gasteiger partial charge on any atom is -0.321 e. The molecule has 0 aliphatic heterocycles. The van der Waals surface area contributed by atoms with E-state index in [2.05, 4.69) is 15.9 Å². The molecule has 1 fully saturated rings. The van der Waals surface area contributed by atoms with Crippen LogP contribution in [-0.4, -0.2) is 0 Å². The van der Waals surface area contributed by atoms with E-state index in [4.69, 9.17) is 5.73 Å². The lowest BCUT2D eigenvalue weighted by atomic mass is 10.1. The average molecular weight is 230 g/mol. The molecular formula is C9H9BrFN. The van der Waals surface area contributed by atoms with Gasteiger partial charge in [-0.25, -0.2) is 4.39 Å². The van der Waals surface area contributed by atoms with Crippen LogP contribution in [0.3, 0.4) is 0 Å². The van der Waals surface area contributed by atoms with Crippen molar-refractivity contribution in [1.82, 2.24) is 0 Å². The van der Waals surface area contributed by atoms with Crippen LogP contribution in [0.15, 0.2) is 22.7 Å². The highest BCUT2D eigenvalue weighted by atomic mass is 79.9. The van der Waals surface area contributed by atoms with Crippen LogP contribution < -0.4 is 5.73 Å². The quantitative estimate of drug-likeness (QED) is 0.788. The Labute approximate surface area is 78.9 Å². The zero-order valence-corrected chi connectivity index (χ0v) is 8.07. The van der Waals surface area contributed by atoms with Gasteiger partial charge in [0.2, 0.25) is 0 Å². The maximum atomic E-state index is 13.3. The van der Waals surface area contributed by atoms with Gasteiger partial charge in [-0.2, -0.15) is 0 Å². The maximum absolute atomic E-state index is 13.3. The Bertz CT molecular complexity index is 300. The largest absolute Gasteiger partial charge is 0.321 e. The van der Waals surface area contributed by atoms with E-state index in [1.54, 1.807) is 6.07 Å². The third-order valence-corrected chi connectivity index (χ3v) is 2.91. The number of nitrogens with two attached hydrogens (primary N) is 1. The minimum absolute atomic E-state index is 0.204. The summed E-state index contributed by atoms with van der Waals surface area (Å²) in [6, 6.07) is 4.95. The van der Waals surface area contributed by atoms with Crippen molar-refractivity contribution >= 4 is 15.9 Å². The first-order valence-corrected chi connectivity index (χ1v) is 4.66. The first kappa shape index (κ1) is 8.20. The number of benzene rings is 1. The zero-order chi connectivity index (χ0) is 8.77. The highest BCUT2D eigenvalue weighted by Crippen LogP contribution is 2.46. The third-order valence-electron chi connectivity index (χ3n) is 2.25. The molecule has 0 atom stereocenters. The van der Waals surface area contributed by atoms with Gasteiger partial charge in [-0.15, -0.1) is 0 Å². The van der Waals surface area contributed by atoms with E-state index in [9.17, 15) is 4.39 Å². The van der Waals surface area contributed by atoms with Gasteiger partial charge in [-0.3, -0.25) is 0 Å². The van der Waals surface area contributed by atoms with Crippen molar-refractivity contribution in [3.63, 3.8) is 0 Å². The molecule has 1 aromatic carbocycles. The minimum atomic E-state index is -0.399. The summed E-state index contributed by atoms with van der Waals surface area (Å²) in [5, 5.41) is 0. The second kappa shape index (κ2) is 2.54. The fraction of sp³-hybridized carbons (Fsp3) is 0.333. The number of halogens is 2. The monoisotopic (exact) mass is 229 g/mol. The molecule has 0 saturated heterocycles. The lowest BCUT2D eigenvalue weighted by Crippen LogP contribution is -2.20. The highest BCUT2D eigenvalue weighted by Gasteiger charge is 2.43. The van der Waals surface area contributed by atoms with Crippen molar-refractivity contribution in [3.05, 3.63) is 34.1 Å². The molecule has 0 radical (unpaired) electrons. The van der Waals surface area contributed by atoms with Crippen molar-refractivity contribution < 1.29 is 4.39 Å². The van der Waals surface area contributed by atoms with Crippen LogP contribution in [0, 0.1) is 5.82 Å². The molecule has 0 aromatic heterocycles. The molecule has 0 amide bonds. The first-order chi connectivity index (χ1) is 5.63. The van der Waals surface area contributed by atoms with Crippen LogP contribution in [0.1, 0.15) is 18.4 Å². The Hall–Kier alpha value is -0.410. The van der Waals surface area contributed by atoms with Crippen molar-refractivity contribution in [3.8, 4) is 0 Å². The molecule has 0 spiro atoms. The molecule has 12 heavy (non-hydrogen) atoms. The summed E-state index contributed by atoms with van der Waals surface area (Å²) < 4.78 is 14.1. The van der Waals surface area contributed by atoms with Crippen LogP contribution in [0.2, 0.25) is 0 Å². The van der Waals surface area contributed by atoms with E-state index >= 15 is 0 Å². The van der Waals surface area contributed by atoms with Gasteiger partial charge in [0, 0.05) is 15.6 Å². The topological polar surface area (TPSA) is 26.0 Å². The molecule has 64 valence electrons. The second-order valence-electron chi connectivity index (χ2n) is 3.25. The summed E-state index contributed by atoms with van der Waals surface area (Å²) in [7, 11) is 0. The molecule has 2 rings (SSSR count). The summed E-state index contributed by atoms with van der Waals surface area (Å²) in [5.41, 5.74) is 6.13. The Morgan fingerprint density at radius 1 is 1.42 bits per heavy atom. The van der Waals surface area contributed by atoms with Gasteiger partial charge < -0.3 is 5.73 Å². The van der Waals surface area contributed by atoms with Crippen LogP contribution in [0.5, 0.6) is 0 Å². The van der Waals surface area contributed by atoms with Crippen LogP contribution in [-0.2, 0) is 5.54 Å². The number of hydrogen-bond donors (Lipinski definition) is 1. The normalized spacial score (nSPS) is 19.2. The fourth-order valence-corrected chi connectivity index (χ4v) is 2.09. The Kier molecular flexibility index (Phi) is 1.73. The molecule has 1 aliphatic rings. The molecule has 0 heterocycles. The van der Waals surface area contributed by atoms with Crippen molar-refractivity contribution in [2.24, 2.45) is 5.73 Å². The smallest absolute Gasteiger partial charge is 0.129 e. The predicted molar refractivity (Wildman–Crippen MR) is 49.2 cm³/mol. The lowest BCUT2D eigenvalue weighted by molar-refractivity contribution is 0.575. The Balaban J connectivity index is 2.55. The molecular weight excluding hydrogens is 221 g/mol. The summed E-state index contributed by atoms with van der Waals surface area (Å²) in [6.07, 6.45) is 1.76. The molecule has 3 heteroatoms. The fourth-order valence-electron chi connectivity index (χ4n) is 1.36. The van der Waals surface area contributed by atoms with Gasteiger partial charge in [0.15, 0.2) is 0 Å². The van der Waals surface area contributed by atoms with Crippen LogP contribution in [0.25, 0.3) is 0 Å². The van der Waals surface area contributed by atoms with Crippen molar-refractivity contribution in [1.29, 1.82) is 0 Å². The van der Waals surface area contributed by atoms with Crippen molar-refractivity contribution in [2.75, 3.05) is 0 Å². The molecule has 1 aromatic rings. The van der Waals surface area contributed by atoms with Crippen LogP contribution in [0.4, 0.5) is 4.39 Å². The lowest BCUT2D eigenvalue weighted by Gasteiger charge is -2.11. The summed E-state index contributed by atoms with van der Waals surface area (Å²) >= 11 is 3.30. The van der Waals surface area contributed by atoms with Gasteiger partial charge in [-0.05, 0) is 25.0 Å². The molecule has 1 nitrogen and oxygen atoms in total. The Morgan fingerprint density at radius 3 is 2.58 bits per heavy atom. The maximum Gasteiger partial charge on any atom is 0.129 e. The van der Waals surface area contributed by atoms with E-state index in [1.165, 1.54) is 6.07 Å². The van der Waals surface area contributed by atoms with Gasteiger partial charge in [0.05, 0.1) is 0 Å². The molecule has 0 unspecified atom stereocenters. The number of rotatable bonds is 1. The predicted octanol–water partition coefficient (Wildman–Crippen LogP) is 2.54. The summed E-state index contributed by atoms with van der Waals surface area (Å²) in [6.45, 7) is 0. The first-order valence-electron chi connectivity index (χ1n) is 3.87. The van der Waals surface area contributed by atoms with E-state index in [0.717, 1.165) is 17.3 Å². The SMILES string of the molecule is NC1(c2c(F)cccc2Br)CC1. The van der Waals surface area contributed by atoms with Gasteiger partial charge in [0.1, 0.15) is 5.82 Å². The third kappa shape index (κ3) is 1.17. The number of hydrogen-bond acceptors (Lipinski definition) is 1. The van der Waals surface area contributed by atoms with Crippen LogP contribution >= 0.6 is 15.9 Å². The van der Waals surface area contributed by atoms with E-state index in [-0.39, 0.29) is 5.82 Å². The second-order valence-corrected chi connectivity index (χ2v) is 4.11. The van der Waals surface area contributed by atoms with E-state index in [0.29, 0.717) is 5.56 Å². The van der Waals surface area contributed by atoms with Crippen molar-refractivity contribution in [2.45, 2.75) is 18.4 Å². The van der Waals surface area contributed by atoms with Gasteiger partial charge in [0.25, 0.3) is 0 Å². The Morgan fingerprint density at radius 2 is 2.08 bits per heavy atom. The summed E-state index contributed by atoms with van der Waals surface area (Å²) in [4.78, 5) is 0. The molecule has 1 saturated carbocycles. The summed E-state index contributed by atoms with van der Waals surface area (Å²) in [5.74, 6) is -0.204. The highest BCUT2D eigenvalue weighted by molar-refractivity contribution is 9.10. The van der Waals surface area contributed by atoms with E-state index < -0.39 is 5.54 Å². The molecule has 2 N–H and O–H groups in total. The zero-order valence-electron chi connectivity index (χ0n) is 6.48. The molecule has 0 bridgehead atoms.